The molecule has 0 aliphatic carbocycles. The van der Waals surface area contributed by atoms with Crippen LogP contribution in [0, 0.1) is 0 Å². The van der Waals surface area contributed by atoms with E-state index in [4.69, 9.17) is 14.2 Å². The molecule has 157 valence electrons. The summed E-state index contributed by atoms with van der Waals surface area (Å²) in [5.74, 6) is -0.648. The van der Waals surface area contributed by atoms with Gasteiger partial charge in [0.25, 0.3) is 0 Å². The second-order valence-electron chi connectivity index (χ2n) is 4.49. The molecule has 9 nitrogen and oxygen atoms in total. The number of ether oxygens (including phenoxy) is 3. The van der Waals surface area contributed by atoms with E-state index < -0.39 is 0 Å². The number of carbonyl (C=O) groups is 3. The predicted molar refractivity (Wildman–Crippen MR) is 95.4 cm³/mol. The van der Waals surface area contributed by atoms with Crippen LogP contribution < -0.4 is 0 Å². The minimum Gasteiger partial charge on any atom is -0.541 e. The SMILES string of the molecule is CCOCC(=O)C[C-]=O.CCOCC(=O)C[C-]=O.CCOCC(=O)C[C-]=O.[Ti+3]. The molecule has 0 aliphatic heterocycles. The van der Waals surface area contributed by atoms with Crippen molar-refractivity contribution >= 4 is 36.2 Å². The third-order valence-corrected chi connectivity index (χ3v) is 2.21. The maximum absolute atomic E-state index is 10.4. The molecule has 10 heteroatoms. The van der Waals surface area contributed by atoms with Gasteiger partial charge in [-0.1, -0.05) is 19.3 Å². The zero-order valence-corrected chi connectivity index (χ0v) is 18.1. The van der Waals surface area contributed by atoms with Gasteiger partial charge in [-0.25, -0.2) is 0 Å². The fraction of sp³-hybridized carbons (Fsp3) is 0.667. The van der Waals surface area contributed by atoms with Gasteiger partial charge in [0.2, 0.25) is 0 Å². The number of carbonyl (C=O) groups excluding carboxylic acids is 6. The number of Topliss-reactive ketones (excluding diaryl/α,β-unsaturated/α-hetero) is 3. The van der Waals surface area contributed by atoms with Gasteiger partial charge in [-0.2, -0.15) is 0 Å². The molecule has 0 aliphatic rings. The van der Waals surface area contributed by atoms with Gasteiger partial charge < -0.3 is 28.6 Å². The van der Waals surface area contributed by atoms with Crippen LogP contribution in [0.25, 0.3) is 0 Å². The standard InChI is InChI=1S/3C6H9O3.Ti/c3*1-2-9-5-6(8)3-4-7;/h3*2-3,5H2,1H3;/q3*-1;+3. The van der Waals surface area contributed by atoms with Crippen molar-refractivity contribution in [3.05, 3.63) is 0 Å². The van der Waals surface area contributed by atoms with Gasteiger partial charge in [-0.05, 0) is 20.8 Å². The van der Waals surface area contributed by atoms with Crippen LogP contribution in [0.3, 0.4) is 0 Å². The van der Waals surface area contributed by atoms with Crippen LogP contribution in [-0.4, -0.2) is 75.8 Å². The van der Waals surface area contributed by atoms with Crippen LogP contribution in [-0.2, 0) is 64.7 Å². The monoisotopic (exact) mass is 435 g/mol. The Morgan fingerprint density at radius 2 is 0.786 bits per heavy atom. The van der Waals surface area contributed by atoms with Crippen LogP contribution in [0.1, 0.15) is 40.0 Å². The molecule has 0 spiro atoms. The van der Waals surface area contributed by atoms with Gasteiger partial charge in [0, 0.05) is 19.8 Å². The Morgan fingerprint density at radius 1 is 0.571 bits per heavy atom. The Morgan fingerprint density at radius 3 is 0.929 bits per heavy atom. The van der Waals surface area contributed by atoms with Crippen molar-refractivity contribution in [2.75, 3.05) is 39.6 Å². The normalized spacial score (nSPS) is 8.68. The summed E-state index contributed by atoms with van der Waals surface area (Å²) in [6.45, 7) is 6.98. The molecular formula is C18H27O9Ti. The van der Waals surface area contributed by atoms with Gasteiger partial charge in [-0.15, -0.1) is 0 Å². The zero-order chi connectivity index (χ0) is 21.3. The summed E-state index contributed by atoms with van der Waals surface area (Å²) in [6.07, 6.45) is 4.03. The summed E-state index contributed by atoms with van der Waals surface area (Å²) in [4.78, 5) is 60.0. The van der Waals surface area contributed by atoms with Gasteiger partial charge in [-0.3, -0.25) is 33.2 Å². The van der Waals surface area contributed by atoms with Gasteiger partial charge in [0.15, 0.2) is 0 Å². The van der Waals surface area contributed by atoms with Crippen molar-refractivity contribution in [2.45, 2.75) is 40.0 Å². The average Bonchev–Trinajstić information content (AvgIpc) is 2.65. The van der Waals surface area contributed by atoms with E-state index in [1.807, 2.05) is 0 Å². The topological polar surface area (TPSA) is 130 Å². The van der Waals surface area contributed by atoms with Crippen LogP contribution in [0.5, 0.6) is 0 Å². The summed E-state index contributed by atoms with van der Waals surface area (Å²) < 4.78 is 14.2. The Balaban J connectivity index is -0.000000152. The van der Waals surface area contributed by atoms with Crippen molar-refractivity contribution in [1.29, 1.82) is 0 Å². The minimum absolute atomic E-state index is 0. The third kappa shape index (κ3) is 35.7. The van der Waals surface area contributed by atoms with E-state index in [0.717, 1.165) is 0 Å². The van der Waals surface area contributed by atoms with E-state index in [1.54, 1.807) is 20.8 Å². The second kappa shape index (κ2) is 30.3. The number of rotatable bonds is 15. The molecule has 0 aromatic heterocycles. The van der Waals surface area contributed by atoms with E-state index in [2.05, 4.69) is 0 Å². The molecule has 0 unspecified atom stereocenters. The fourth-order valence-corrected chi connectivity index (χ4v) is 1.04. The Hall–Kier alpha value is -1.39. The quantitative estimate of drug-likeness (QED) is 0.202. The summed E-state index contributed by atoms with van der Waals surface area (Å²) in [7, 11) is 0. The number of ketones is 3. The minimum atomic E-state index is -0.216. The van der Waals surface area contributed by atoms with Crippen LogP contribution >= 0.6 is 0 Å². The maximum atomic E-state index is 10.4. The molecule has 0 N–H and O–H groups in total. The molecule has 1 radical (unpaired) electrons. The largest absolute Gasteiger partial charge is 3.00 e. The molecule has 0 fully saturated rings. The van der Waals surface area contributed by atoms with Crippen molar-refractivity contribution in [1.82, 2.24) is 0 Å². The average molecular weight is 435 g/mol. The van der Waals surface area contributed by atoms with E-state index >= 15 is 0 Å². The first-order valence-electron chi connectivity index (χ1n) is 8.26. The molecule has 0 heterocycles. The van der Waals surface area contributed by atoms with Crippen molar-refractivity contribution in [3.8, 4) is 0 Å². The van der Waals surface area contributed by atoms with Crippen LogP contribution in [0.15, 0.2) is 0 Å². The van der Waals surface area contributed by atoms with E-state index in [0.29, 0.717) is 19.8 Å². The first-order valence-corrected chi connectivity index (χ1v) is 8.26. The van der Waals surface area contributed by atoms with Crippen molar-refractivity contribution in [2.24, 2.45) is 0 Å². The van der Waals surface area contributed by atoms with Crippen LogP contribution in [0.4, 0.5) is 0 Å². The molecule has 0 saturated carbocycles. The smallest absolute Gasteiger partial charge is 0.541 e. The number of hydrogen-bond donors (Lipinski definition) is 0. The molecule has 0 rings (SSSR count). The molecule has 0 aromatic rings. The fourth-order valence-electron chi connectivity index (χ4n) is 1.04. The summed E-state index contributed by atoms with van der Waals surface area (Å²) in [5.41, 5.74) is 0. The third-order valence-electron chi connectivity index (χ3n) is 2.21. The molecule has 28 heavy (non-hydrogen) atoms. The van der Waals surface area contributed by atoms with E-state index in [1.165, 1.54) is 18.9 Å². The molecular weight excluding hydrogens is 408 g/mol. The zero-order valence-electron chi connectivity index (χ0n) is 16.5. The first-order chi connectivity index (χ1) is 12.9. The Bertz CT molecular complexity index is 363. The second-order valence-corrected chi connectivity index (χ2v) is 4.49. The van der Waals surface area contributed by atoms with Gasteiger partial charge in [0.1, 0.15) is 37.2 Å². The maximum Gasteiger partial charge on any atom is 3.00 e. The van der Waals surface area contributed by atoms with Crippen molar-refractivity contribution < 1.29 is 64.7 Å². The molecule has 0 bridgehead atoms. The van der Waals surface area contributed by atoms with Gasteiger partial charge >= 0.3 is 21.7 Å². The Labute approximate surface area is 180 Å². The Kier molecular flexibility index (Phi) is 37.0. The molecule has 0 atom stereocenters. The van der Waals surface area contributed by atoms with E-state index in [9.17, 15) is 28.8 Å². The predicted octanol–water partition coefficient (Wildman–Crippen LogP) is 0.273. The molecule has 0 amide bonds. The summed E-state index contributed by atoms with van der Waals surface area (Å²) in [5, 5.41) is 0. The van der Waals surface area contributed by atoms with E-state index in [-0.39, 0.29) is 78.2 Å². The molecule has 0 aromatic carbocycles. The van der Waals surface area contributed by atoms with Crippen molar-refractivity contribution in [3.63, 3.8) is 0 Å². The number of hydrogen-bond acceptors (Lipinski definition) is 9. The first kappa shape index (κ1) is 34.1. The summed E-state index contributed by atoms with van der Waals surface area (Å²) in [6, 6.07) is 0. The summed E-state index contributed by atoms with van der Waals surface area (Å²) >= 11 is 0. The van der Waals surface area contributed by atoms with Gasteiger partial charge in [0.05, 0.1) is 0 Å². The van der Waals surface area contributed by atoms with Crippen LogP contribution in [0.2, 0.25) is 0 Å². The molecule has 0 saturated heterocycles.